The number of rotatable bonds is 4. The maximum atomic E-state index is 12.8. The average Bonchev–Trinajstić information content (AvgIpc) is 2.94. The van der Waals surface area contributed by atoms with Crippen LogP contribution in [0.15, 0.2) is 23.1 Å². The topological polar surface area (TPSA) is 47.6 Å². The summed E-state index contributed by atoms with van der Waals surface area (Å²) < 4.78 is 23.9. The number of benzene rings is 1. The Kier molecular flexibility index (Phi) is 4.27. The van der Waals surface area contributed by atoms with E-state index in [4.69, 9.17) is 9.47 Å². The van der Waals surface area contributed by atoms with Crippen molar-refractivity contribution in [3.8, 4) is 11.5 Å². The van der Waals surface area contributed by atoms with Gasteiger partial charge in [0.15, 0.2) is 11.5 Å². The summed E-state index contributed by atoms with van der Waals surface area (Å²) in [5.41, 5.74) is 0. The van der Waals surface area contributed by atoms with Crippen molar-refractivity contribution < 1.29 is 13.7 Å². The second kappa shape index (κ2) is 6.14. The van der Waals surface area contributed by atoms with E-state index in [9.17, 15) is 4.21 Å². The van der Waals surface area contributed by atoms with E-state index in [0.29, 0.717) is 19.3 Å². The molecule has 2 aliphatic rings. The molecule has 1 fully saturated rings. The van der Waals surface area contributed by atoms with Crippen LogP contribution < -0.4 is 14.8 Å². The van der Waals surface area contributed by atoms with Gasteiger partial charge in [0.25, 0.3) is 0 Å². The molecule has 1 aliphatic carbocycles. The second-order valence-corrected chi connectivity index (χ2v) is 6.91. The largest absolute Gasteiger partial charge is 0.486 e. The standard InChI is InChI=1S/C15H21NO3S/c1-2-16-12-4-3-5-15(12)20(17)11-6-7-13-14(10-11)19-9-8-18-13/h6-7,10,12,15-16H,2-5,8-9H2,1H3. The Hall–Kier alpha value is -1.07. The molecule has 0 bridgehead atoms. The molecule has 5 heteroatoms. The molecule has 1 aromatic carbocycles. The van der Waals surface area contributed by atoms with E-state index in [2.05, 4.69) is 12.2 Å². The highest BCUT2D eigenvalue weighted by molar-refractivity contribution is 7.85. The molecule has 1 aromatic rings. The molecule has 110 valence electrons. The molecule has 20 heavy (non-hydrogen) atoms. The maximum absolute atomic E-state index is 12.8. The molecule has 1 aliphatic heterocycles. The summed E-state index contributed by atoms with van der Waals surface area (Å²) >= 11 is 0. The van der Waals surface area contributed by atoms with E-state index in [1.54, 1.807) is 0 Å². The number of nitrogens with one attached hydrogen (secondary N) is 1. The summed E-state index contributed by atoms with van der Waals surface area (Å²) in [5, 5.41) is 3.66. The molecule has 1 heterocycles. The minimum Gasteiger partial charge on any atom is -0.486 e. The molecule has 0 amide bonds. The maximum Gasteiger partial charge on any atom is 0.162 e. The van der Waals surface area contributed by atoms with Crippen LogP contribution in [0.3, 0.4) is 0 Å². The highest BCUT2D eigenvalue weighted by Crippen LogP contribution is 2.34. The fourth-order valence-electron chi connectivity index (χ4n) is 3.00. The molecule has 1 N–H and O–H groups in total. The van der Waals surface area contributed by atoms with Crippen LogP contribution in [0.1, 0.15) is 26.2 Å². The van der Waals surface area contributed by atoms with Crippen molar-refractivity contribution in [1.82, 2.24) is 5.32 Å². The third-order valence-corrected chi connectivity index (χ3v) is 5.77. The zero-order chi connectivity index (χ0) is 13.9. The smallest absolute Gasteiger partial charge is 0.162 e. The lowest BCUT2D eigenvalue weighted by Crippen LogP contribution is -2.38. The minimum absolute atomic E-state index is 0.206. The molecular formula is C15H21NO3S. The van der Waals surface area contributed by atoms with Gasteiger partial charge in [0.1, 0.15) is 13.2 Å². The second-order valence-electron chi connectivity index (χ2n) is 5.24. The Labute approximate surface area is 122 Å². The summed E-state index contributed by atoms with van der Waals surface area (Å²) in [4.78, 5) is 0.851. The Morgan fingerprint density at radius 3 is 2.85 bits per heavy atom. The Bertz CT molecular complexity index is 506. The fraction of sp³-hybridized carbons (Fsp3) is 0.600. The van der Waals surface area contributed by atoms with Crippen LogP contribution in [0.2, 0.25) is 0 Å². The lowest BCUT2D eigenvalue weighted by atomic mass is 10.2. The Balaban J connectivity index is 1.79. The first-order valence-electron chi connectivity index (χ1n) is 7.33. The highest BCUT2D eigenvalue weighted by Gasteiger charge is 2.32. The van der Waals surface area contributed by atoms with Gasteiger partial charge in [-0.2, -0.15) is 0 Å². The van der Waals surface area contributed by atoms with Gasteiger partial charge in [-0.25, -0.2) is 0 Å². The molecular weight excluding hydrogens is 274 g/mol. The van der Waals surface area contributed by atoms with E-state index in [1.807, 2.05) is 18.2 Å². The van der Waals surface area contributed by atoms with Crippen molar-refractivity contribution in [2.24, 2.45) is 0 Å². The van der Waals surface area contributed by atoms with Crippen LogP contribution in [-0.2, 0) is 10.8 Å². The molecule has 0 spiro atoms. The molecule has 0 saturated heterocycles. The van der Waals surface area contributed by atoms with Gasteiger partial charge in [0.2, 0.25) is 0 Å². The van der Waals surface area contributed by atoms with Crippen molar-refractivity contribution in [2.75, 3.05) is 19.8 Å². The normalized spacial score (nSPS) is 26.4. The summed E-state index contributed by atoms with van der Waals surface area (Å²) in [6, 6.07) is 6.03. The monoisotopic (exact) mass is 295 g/mol. The predicted molar refractivity (Wildman–Crippen MR) is 78.9 cm³/mol. The predicted octanol–water partition coefficient (Wildman–Crippen LogP) is 2.10. The first-order valence-corrected chi connectivity index (χ1v) is 8.54. The number of fused-ring (bicyclic) bond motifs is 1. The van der Waals surface area contributed by atoms with E-state index >= 15 is 0 Å². The first kappa shape index (κ1) is 13.9. The third kappa shape index (κ3) is 2.69. The van der Waals surface area contributed by atoms with E-state index in [-0.39, 0.29) is 5.25 Å². The van der Waals surface area contributed by atoms with Crippen molar-refractivity contribution in [3.05, 3.63) is 18.2 Å². The highest BCUT2D eigenvalue weighted by atomic mass is 32.2. The van der Waals surface area contributed by atoms with Gasteiger partial charge in [-0.3, -0.25) is 4.21 Å². The van der Waals surface area contributed by atoms with E-state index in [1.165, 1.54) is 0 Å². The van der Waals surface area contributed by atoms with Gasteiger partial charge >= 0.3 is 0 Å². The summed E-state index contributed by atoms with van der Waals surface area (Å²) in [5.74, 6) is 1.48. The molecule has 3 atom stereocenters. The zero-order valence-electron chi connectivity index (χ0n) is 11.8. The van der Waals surface area contributed by atoms with Gasteiger partial charge in [-0.15, -0.1) is 0 Å². The van der Waals surface area contributed by atoms with Crippen molar-refractivity contribution in [3.63, 3.8) is 0 Å². The number of ether oxygens (including phenoxy) is 2. The lowest BCUT2D eigenvalue weighted by Gasteiger charge is -2.22. The van der Waals surface area contributed by atoms with E-state index < -0.39 is 10.8 Å². The van der Waals surface area contributed by atoms with Gasteiger partial charge < -0.3 is 14.8 Å². The molecule has 3 unspecified atom stereocenters. The zero-order valence-corrected chi connectivity index (χ0v) is 12.6. The van der Waals surface area contributed by atoms with Crippen molar-refractivity contribution in [2.45, 2.75) is 42.4 Å². The number of hydrogen-bond donors (Lipinski definition) is 1. The molecule has 0 aromatic heterocycles. The number of hydrogen-bond acceptors (Lipinski definition) is 4. The summed E-state index contributed by atoms with van der Waals surface area (Å²) in [6.45, 7) is 4.18. The Morgan fingerprint density at radius 1 is 1.25 bits per heavy atom. The molecule has 4 nitrogen and oxygen atoms in total. The van der Waals surface area contributed by atoms with Crippen LogP contribution in [0.4, 0.5) is 0 Å². The van der Waals surface area contributed by atoms with Crippen LogP contribution in [-0.4, -0.2) is 35.3 Å². The molecule has 1 saturated carbocycles. The third-order valence-electron chi connectivity index (χ3n) is 3.94. The van der Waals surface area contributed by atoms with Crippen LogP contribution in [0.25, 0.3) is 0 Å². The summed E-state index contributed by atoms with van der Waals surface area (Å²) in [6.07, 6.45) is 3.30. The molecule has 3 rings (SSSR count). The van der Waals surface area contributed by atoms with Crippen molar-refractivity contribution in [1.29, 1.82) is 0 Å². The van der Waals surface area contributed by atoms with Crippen LogP contribution in [0, 0.1) is 0 Å². The molecule has 0 radical (unpaired) electrons. The first-order chi connectivity index (χ1) is 9.79. The van der Waals surface area contributed by atoms with Crippen LogP contribution >= 0.6 is 0 Å². The Morgan fingerprint density at radius 2 is 2.05 bits per heavy atom. The summed E-state index contributed by atoms with van der Waals surface area (Å²) in [7, 11) is -0.986. The van der Waals surface area contributed by atoms with Gasteiger partial charge in [0, 0.05) is 17.0 Å². The van der Waals surface area contributed by atoms with Gasteiger partial charge in [-0.05, 0) is 31.5 Å². The average molecular weight is 295 g/mol. The lowest BCUT2D eigenvalue weighted by molar-refractivity contribution is 0.171. The quantitative estimate of drug-likeness (QED) is 0.924. The fourth-order valence-corrected chi connectivity index (χ4v) is 4.69. The van der Waals surface area contributed by atoms with Crippen molar-refractivity contribution >= 4 is 10.8 Å². The van der Waals surface area contributed by atoms with Gasteiger partial charge in [-0.1, -0.05) is 13.3 Å². The van der Waals surface area contributed by atoms with E-state index in [0.717, 1.165) is 42.2 Å². The van der Waals surface area contributed by atoms with Gasteiger partial charge in [0.05, 0.1) is 16.0 Å². The SMILES string of the molecule is CCNC1CCCC1S(=O)c1ccc2c(c1)OCCO2. The minimum atomic E-state index is -0.986. The van der Waals surface area contributed by atoms with Crippen LogP contribution in [0.5, 0.6) is 11.5 Å².